The van der Waals surface area contributed by atoms with Crippen LogP contribution in [0.2, 0.25) is 5.02 Å². The number of hydrogen-bond acceptors (Lipinski definition) is 5. The largest absolute Gasteiger partial charge is 0.495 e. The maximum atomic E-state index is 12.3. The molecule has 0 unspecified atom stereocenters. The minimum Gasteiger partial charge on any atom is -0.495 e. The van der Waals surface area contributed by atoms with Crippen LogP contribution in [0.1, 0.15) is 33.5 Å². The highest BCUT2D eigenvalue weighted by molar-refractivity contribution is 6.32. The van der Waals surface area contributed by atoms with E-state index in [9.17, 15) is 9.59 Å². The summed E-state index contributed by atoms with van der Waals surface area (Å²) in [5, 5.41) is 7.45. The molecule has 8 heteroatoms. The predicted octanol–water partition coefficient (Wildman–Crippen LogP) is 2.00. The van der Waals surface area contributed by atoms with E-state index in [-0.39, 0.29) is 18.2 Å². The van der Waals surface area contributed by atoms with Gasteiger partial charge in [0.15, 0.2) is 5.69 Å². The molecular weight excluding hydrogens is 334 g/mol. The molecule has 1 aromatic carbocycles. The highest BCUT2D eigenvalue weighted by Gasteiger charge is 2.31. The lowest BCUT2D eigenvalue weighted by Crippen LogP contribution is -2.33. The number of carbonyl (C=O) groups excluding carboxylic acids is 2. The smallest absolute Gasteiger partial charge is 0.359 e. The average molecular weight is 350 g/mol. The number of ether oxygens (including phenoxy) is 2. The monoisotopic (exact) mass is 349 g/mol. The number of carbonyl (C=O) groups is 2. The van der Waals surface area contributed by atoms with Gasteiger partial charge in [-0.25, -0.2) is 9.48 Å². The molecule has 1 aliphatic rings. The highest BCUT2D eigenvalue weighted by Crippen LogP contribution is 2.29. The molecule has 0 aliphatic carbocycles. The number of hydrogen-bond donors (Lipinski definition) is 1. The summed E-state index contributed by atoms with van der Waals surface area (Å²) >= 11 is 6.16. The van der Waals surface area contributed by atoms with Gasteiger partial charge in [0.05, 0.1) is 24.4 Å². The molecule has 0 atom stereocenters. The van der Waals surface area contributed by atoms with Crippen LogP contribution in [0.5, 0.6) is 5.75 Å². The van der Waals surface area contributed by atoms with Crippen LogP contribution in [0.15, 0.2) is 18.2 Å². The first-order valence-electron chi connectivity index (χ1n) is 7.48. The van der Waals surface area contributed by atoms with Crippen molar-refractivity contribution in [2.75, 3.05) is 20.3 Å². The normalized spacial score (nSPS) is 13.2. The summed E-state index contributed by atoms with van der Waals surface area (Å²) < 4.78 is 11.6. The van der Waals surface area contributed by atoms with Gasteiger partial charge in [0.25, 0.3) is 5.91 Å². The van der Waals surface area contributed by atoms with Crippen molar-refractivity contribution in [3.05, 3.63) is 40.2 Å². The second-order valence-electron chi connectivity index (χ2n) is 5.13. The van der Waals surface area contributed by atoms with E-state index in [0.29, 0.717) is 40.7 Å². The van der Waals surface area contributed by atoms with Crippen LogP contribution in [0, 0.1) is 0 Å². The molecule has 3 rings (SSSR count). The molecule has 1 aliphatic heterocycles. The van der Waals surface area contributed by atoms with Crippen molar-refractivity contribution in [1.29, 1.82) is 0 Å². The molecule has 1 N–H and O–H groups in total. The Morgan fingerprint density at radius 3 is 2.92 bits per heavy atom. The lowest BCUT2D eigenvalue weighted by atomic mass is 10.1. The zero-order valence-electron chi connectivity index (χ0n) is 13.3. The van der Waals surface area contributed by atoms with Crippen LogP contribution in [0.3, 0.4) is 0 Å². The third-order valence-electron chi connectivity index (χ3n) is 3.71. The number of fused-ring (bicyclic) bond motifs is 1. The number of esters is 1. The fourth-order valence-corrected chi connectivity index (χ4v) is 2.89. The van der Waals surface area contributed by atoms with E-state index < -0.39 is 5.97 Å². The lowest BCUT2D eigenvalue weighted by molar-refractivity contribution is 0.0517. The van der Waals surface area contributed by atoms with E-state index in [1.54, 1.807) is 25.1 Å². The molecule has 24 heavy (non-hydrogen) atoms. The first-order valence-corrected chi connectivity index (χ1v) is 7.85. The van der Waals surface area contributed by atoms with Gasteiger partial charge in [-0.15, -0.1) is 0 Å². The van der Waals surface area contributed by atoms with E-state index in [0.717, 1.165) is 0 Å². The van der Waals surface area contributed by atoms with Gasteiger partial charge in [-0.2, -0.15) is 5.10 Å². The number of halogens is 1. The van der Waals surface area contributed by atoms with Crippen LogP contribution >= 0.6 is 11.6 Å². The minimum absolute atomic E-state index is 0.161. The highest BCUT2D eigenvalue weighted by atomic mass is 35.5. The van der Waals surface area contributed by atoms with Crippen molar-refractivity contribution >= 4 is 23.5 Å². The maximum Gasteiger partial charge on any atom is 0.359 e. The van der Waals surface area contributed by atoms with Gasteiger partial charge in [-0.1, -0.05) is 11.6 Å². The number of nitrogens with one attached hydrogen (secondary N) is 1. The van der Waals surface area contributed by atoms with Gasteiger partial charge in [0.2, 0.25) is 0 Å². The Kier molecular flexibility index (Phi) is 4.44. The molecule has 2 heterocycles. The molecule has 0 bridgehead atoms. The van der Waals surface area contributed by atoms with E-state index in [1.807, 2.05) is 0 Å². The second kappa shape index (κ2) is 6.52. The molecule has 0 radical (unpaired) electrons. The standard InChI is InChI=1S/C16H16ClN3O4/c1-3-24-16(22)13-10-6-7-18-15(21)14(10)20(19-13)9-4-5-12(23-2)11(17)8-9/h4-5,8H,3,6-7H2,1-2H3,(H,18,21). The maximum absolute atomic E-state index is 12.3. The third-order valence-corrected chi connectivity index (χ3v) is 4.00. The molecule has 2 aromatic rings. The molecule has 1 aromatic heterocycles. The van der Waals surface area contributed by atoms with Crippen molar-refractivity contribution in [3.8, 4) is 11.4 Å². The topological polar surface area (TPSA) is 82.4 Å². The Morgan fingerprint density at radius 1 is 1.46 bits per heavy atom. The van der Waals surface area contributed by atoms with Crippen LogP contribution in [-0.4, -0.2) is 41.9 Å². The van der Waals surface area contributed by atoms with Crippen molar-refractivity contribution in [2.24, 2.45) is 0 Å². The fraction of sp³-hybridized carbons (Fsp3) is 0.312. The number of methoxy groups -OCH3 is 1. The number of aromatic nitrogens is 2. The van der Waals surface area contributed by atoms with Crippen molar-refractivity contribution < 1.29 is 19.1 Å². The van der Waals surface area contributed by atoms with E-state index in [2.05, 4.69) is 10.4 Å². The summed E-state index contributed by atoms with van der Waals surface area (Å²) in [6.07, 6.45) is 0.513. The SMILES string of the molecule is CCOC(=O)c1nn(-c2ccc(OC)c(Cl)c2)c2c1CCNC2=O. The van der Waals surface area contributed by atoms with E-state index in [1.165, 1.54) is 11.8 Å². The van der Waals surface area contributed by atoms with Gasteiger partial charge < -0.3 is 14.8 Å². The zero-order chi connectivity index (χ0) is 17.3. The summed E-state index contributed by atoms with van der Waals surface area (Å²) in [6, 6.07) is 5.02. The van der Waals surface area contributed by atoms with Crippen LogP contribution in [0.25, 0.3) is 5.69 Å². The number of nitrogens with zero attached hydrogens (tertiary/aromatic N) is 2. The van der Waals surface area contributed by atoms with Gasteiger partial charge in [-0.3, -0.25) is 4.79 Å². The van der Waals surface area contributed by atoms with Gasteiger partial charge in [-0.05, 0) is 31.5 Å². The van der Waals surface area contributed by atoms with Crippen LogP contribution in [0.4, 0.5) is 0 Å². The summed E-state index contributed by atoms with van der Waals surface area (Å²) in [5.74, 6) is -0.315. The number of amides is 1. The Hall–Kier alpha value is -2.54. The zero-order valence-corrected chi connectivity index (χ0v) is 14.0. The molecule has 1 amide bonds. The third kappa shape index (κ3) is 2.71. The predicted molar refractivity (Wildman–Crippen MR) is 87.1 cm³/mol. The Morgan fingerprint density at radius 2 is 2.25 bits per heavy atom. The molecule has 7 nitrogen and oxygen atoms in total. The molecule has 0 saturated carbocycles. The Labute approximate surface area is 143 Å². The summed E-state index contributed by atoms with van der Waals surface area (Å²) in [5.41, 5.74) is 1.63. The van der Waals surface area contributed by atoms with Crippen molar-refractivity contribution in [3.63, 3.8) is 0 Å². The van der Waals surface area contributed by atoms with Gasteiger partial charge in [0, 0.05) is 12.1 Å². The molecular formula is C16H16ClN3O4. The van der Waals surface area contributed by atoms with Crippen molar-refractivity contribution in [1.82, 2.24) is 15.1 Å². The Bertz CT molecular complexity index is 816. The van der Waals surface area contributed by atoms with Crippen LogP contribution < -0.4 is 10.1 Å². The molecule has 0 spiro atoms. The number of benzene rings is 1. The minimum atomic E-state index is -0.540. The first-order chi connectivity index (χ1) is 11.6. The molecule has 0 fully saturated rings. The van der Waals surface area contributed by atoms with Gasteiger partial charge >= 0.3 is 5.97 Å². The summed E-state index contributed by atoms with van der Waals surface area (Å²) in [7, 11) is 1.52. The van der Waals surface area contributed by atoms with Crippen LogP contribution in [-0.2, 0) is 11.2 Å². The fourth-order valence-electron chi connectivity index (χ4n) is 2.64. The average Bonchev–Trinajstić information content (AvgIpc) is 2.96. The van der Waals surface area contributed by atoms with E-state index in [4.69, 9.17) is 21.1 Å². The molecule has 126 valence electrons. The van der Waals surface area contributed by atoms with E-state index >= 15 is 0 Å². The van der Waals surface area contributed by atoms with Gasteiger partial charge in [0.1, 0.15) is 11.4 Å². The number of rotatable bonds is 4. The lowest BCUT2D eigenvalue weighted by Gasteiger charge is -2.15. The summed E-state index contributed by atoms with van der Waals surface area (Å²) in [4.78, 5) is 24.5. The second-order valence-corrected chi connectivity index (χ2v) is 5.54. The first kappa shape index (κ1) is 16.3. The quantitative estimate of drug-likeness (QED) is 0.854. The summed E-state index contributed by atoms with van der Waals surface area (Å²) in [6.45, 7) is 2.41. The Balaban J connectivity index is 2.16. The van der Waals surface area contributed by atoms with Crippen molar-refractivity contribution in [2.45, 2.75) is 13.3 Å². The molecule has 0 saturated heterocycles.